The second kappa shape index (κ2) is 6.64. The summed E-state index contributed by atoms with van der Waals surface area (Å²) in [5.74, 6) is 0.590. The van der Waals surface area contributed by atoms with Crippen molar-refractivity contribution in [3.05, 3.63) is 50.5 Å². The van der Waals surface area contributed by atoms with Gasteiger partial charge in [0, 0.05) is 9.90 Å². The molecule has 4 nitrogen and oxygen atoms in total. The second-order valence-corrected chi connectivity index (χ2v) is 7.05. The van der Waals surface area contributed by atoms with E-state index in [1.54, 1.807) is 36.6 Å². The van der Waals surface area contributed by atoms with Crippen LogP contribution in [-0.2, 0) is 4.79 Å². The number of ether oxygens (including phenoxy) is 1. The number of anilines is 1. The minimum atomic E-state index is -0.258. The SMILES string of the molecule is COc1ccc(Cl)cc1NC1NC(=O)/C(=C/c2cccs2)S1. The first-order valence-corrected chi connectivity index (χ1v) is 8.62. The van der Waals surface area contributed by atoms with E-state index in [1.165, 1.54) is 11.8 Å². The zero-order chi connectivity index (χ0) is 15.5. The Morgan fingerprint density at radius 1 is 1.41 bits per heavy atom. The van der Waals surface area contributed by atoms with Crippen molar-refractivity contribution in [1.82, 2.24) is 5.32 Å². The molecule has 2 aromatic rings. The van der Waals surface area contributed by atoms with Gasteiger partial charge in [0.1, 0.15) is 5.75 Å². The van der Waals surface area contributed by atoms with Gasteiger partial charge in [-0.05, 0) is 35.7 Å². The maximum atomic E-state index is 12.0. The minimum absolute atomic E-state index is 0.0862. The van der Waals surface area contributed by atoms with Crippen LogP contribution in [0.15, 0.2) is 40.6 Å². The van der Waals surface area contributed by atoms with Gasteiger partial charge in [-0.15, -0.1) is 11.3 Å². The van der Waals surface area contributed by atoms with Gasteiger partial charge in [0.05, 0.1) is 17.7 Å². The third-order valence-electron chi connectivity index (χ3n) is 3.00. The molecule has 1 aromatic heterocycles. The van der Waals surface area contributed by atoms with Crippen LogP contribution >= 0.6 is 34.7 Å². The van der Waals surface area contributed by atoms with E-state index in [-0.39, 0.29) is 11.4 Å². The summed E-state index contributed by atoms with van der Waals surface area (Å²) in [4.78, 5) is 13.8. The van der Waals surface area contributed by atoms with E-state index in [0.717, 1.165) is 10.6 Å². The summed E-state index contributed by atoms with van der Waals surface area (Å²) in [6.45, 7) is 0. The zero-order valence-corrected chi connectivity index (χ0v) is 14.0. The van der Waals surface area contributed by atoms with Gasteiger partial charge in [0.15, 0.2) is 5.50 Å². The average molecular weight is 353 g/mol. The first kappa shape index (κ1) is 15.3. The van der Waals surface area contributed by atoms with E-state index in [4.69, 9.17) is 16.3 Å². The maximum absolute atomic E-state index is 12.0. The first-order valence-electron chi connectivity index (χ1n) is 6.48. The smallest absolute Gasteiger partial charge is 0.260 e. The summed E-state index contributed by atoms with van der Waals surface area (Å²) in [6, 6.07) is 9.25. The number of methoxy groups -OCH3 is 1. The molecule has 1 aliphatic heterocycles. The highest BCUT2D eigenvalue weighted by Crippen LogP contribution is 2.34. The van der Waals surface area contributed by atoms with Crippen molar-refractivity contribution in [2.45, 2.75) is 5.50 Å². The molecule has 1 unspecified atom stereocenters. The molecule has 0 saturated carbocycles. The van der Waals surface area contributed by atoms with Gasteiger partial charge in [-0.25, -0.2) is 0 Å². The number of hydrogen-bond donors (Lipinski definition) is 2. The summed E-state index contributed by atoms with van der Waals surface area (Å²) >= 11 is 9.04. The number of thioether (sulfide) groups is 1. The van der Waals surface area contributed by atoms with Crippen molar-refractivity contribution >= 4 is 52.4 Å². The predicted molar refractivity (Wildman–Crippen MR) is 93.4 cm³/mol. The zero-order valence-electron chi connectivity index (χ0n) is 11.6. The molecule has 114 valence electrons. The molecule has 22 heavy (non-hydrogen) atoms. The number of carbonyl (C=O) groups is 1. The lowest BCUT2D eigenvalue weighted by molar-refractivity contribution is -0.116. The van der Waals surface area contributed by atoms with Gasteiger partial charge in [-0.2, -0.15) is 0 Å². The van der Waals surface area contributed by atoms with E-state index >= 15 is 0 Å². The molecular formula is C15H13ClN2O2S2. The predicted octanol–water partition coefficient (Wildman–Crippen LogP) is 4.01. The summed E-state index contributed by atoms with van der Waals surface area (Å²) < 4.78 is 5.29. The van der Waals surface area contributed by atoms with Gasteiger partial charge in [0.2, 0.25) is 0 Å². The van der Waals surface area contributed by atoms with Crippen LogP contribution in [0.25, 0.3) is 6.08 Å². The lowest BCUT2D eigenvalue weighted by Gasteiger charge is -2.15. The van der Waals surface area contributed by atoms with Crippen molar-refractivity contribution in [2.75, 3.05) is 12.4 Å². The van der Waals surface area contributed by atoms with Crippen molar-refractivity contribution < 1.29 is 9.53 Å². The monoisotopic (exact) mass is 352 g/mol. The van der Waals surface area contributed by atoms with Crippen LogP contribution in [0.1, 0.15) is 4.88 Å². The summed E-state index contributed by atoms with van der Waals surface area (Å²) in [7, 11) is 1.59. The van der Waals surface area contributed by atoms with Gasteiger partial charge in [-0.1, -0.05) is 29.4 Å². The first-order chi connectivity index (χ1) is 10.7. The molecule has 1 amide bonds. The van der Waals surface area contributed by atoms with Crippen LogP contribution in [0, 0.1) is 0 Å². The quantitative estimate of drug-likeness (QED) is 0.816. The fourth-order valence-corrected chi connectivity index (χ4v) is 3.87. The molecule has 1 fully saturated rings. The Morgan fingerprint density at radius 2 is 2.27 bits per heavy atom. The van der Waals surface area contributed by atoms with Crippen LogP contribution < -0.4 is 15.4 Å². The van der Waals surface area contributed by atoms with Crippen LogP contribution in [0.5, 0.6) is 5.75 Å². The van der Waals surface area contributed by atoms with Crippen molar-refractivity contribution in [3.63, 3.8) is 0 Å². The molecule has 3 rings (SSSR count). The molecular weight excluding hydrogens is 340 g/mol. The average Bonchev–Trinajstić information content (AvgIpc) is 3.10. The van der Waals surface area contributed by atoms with Crippen LogP contribution in [0.3, 0.4) is 0 Å². The van der Waals surface area contributed by atoms with Gasteiger partial charge in [0.25, 0.3) is 5.91 Å². The molecule has 1 saturated heterocycles. The Morgan fingerprint density at radius 3 is 3.00 bits per heavy atom. The Kier molecular flexibility index (Phi) is 4.61. The summed E-state index contributed by atoms with van der Waals surface area (Å²) in [5, 5.41) is 8.70. The molecule has 0 spiro atoms. The molecule has 0 bridgehead atoms. The Labute approximate surface area is 141 Å². The normalized spacial score (nSPS) is 19.3. The molecule has 1 atom stereocenters. The number of amides is 1. The third kappa shape index (κ3) is 3.40. The highest BCUT2D eigenvalue weighted by molar-refractivity contribution is 8.05. The number of halogens is 1. The van der Waals surface area contributed by atoms with Crippen molar-refractivity contribution in [1.29, 1.82) is 0 Å². The second-order valence-electron chi connectivity index (χ2n) is 4.48. The molecule has 1 aliphatic rings. The van der Waals surface area contributed by atoms with Gasteiger partial charge in [-0.3, -0.25) is 4.79 Å². The molecule has 0 radical (unpaired) electrons. The highest BCUT2D eigenvalue weighted by atomic mass is 35.5. The van der Waals surface area contributed by atoms with E-state index < -0.39 is 0 Å². The van der Waals surface area contributed by atoms with E-state index in [2.05, 4.69) is 10.6 Å². The Balaban J connectivity index is 1.75. The molecule has 2 N–H and O–H groups in total. The number of benzene rings is 1. The molecule has 2 heterocycles. The Hall–Kier alpha value is -1.63. The van der Waals surface area contributed by atoms with E-state index in [9.17, 15) is 4.79 Å². The third-order valence-corrected chi connectivity index (χ3v) is 5.08. The summed E-state index contributed by atoms with van der Waals surface area (Å²) in [6.07, 6.45) is 1.89. The maximum Gasteiger partial charge on any atom is 0.260 e. The topological polar surface area (TPSA) is 50.4 Å². The van der Waals surface area contributed by atoms with Crippen molar-refractivity contribution in [2.24, 2.45) is 0 Å². The number of rotatable bonds is 4. The number of thiophene rings is 1. The fourth-order valence-electron chi connectivity index (χ4n) is 2.00. The van der Waals surface area contributed by atoms with E-state index in [0.29, 0.717) is 15.7 Å². The van der Waals surface area contributed by atoms with Crippen molar-refractivity contribution in [3.8, 4) is 5.75 Å². The lowest BCUT2D eigenvalue weighted by Crippen LogP contribution is -2.31. The largest absolute Gasteiger partial charge is 0.495 e. The van der Waals surface area contributed by atoms with Gasteiger partial charge < -0.3 is 15.4 Å². The summed E-state index contributed by atoms with van der Waals surface area (Å²) in [5.41, 5.74) is 0.483. The van der Waals surface area contributed by atoms with Gasteiger partial charge >= 0.3 is 0 Å². The standard InChI is InChI=1S/C15H13ClN2O2S2/c1-20-12-5-4-9(16)7-11(12)17-15-18-14(19)13(22-15)8-10-3-2-6-21-10/h2-8,15,17H,1H3,(H,18,19)/b13-8-. The fraction of sp³-hybridized carbons (Fsp3) is 0.133. The number of carbonyl (C=O) groups excluding carboxylic acids is 1. The Bertz CT molecular complexity index is 716. The van der Waals surface area contributed by atoms with Crippen LogP contribution in [0.4, 0.5) is 5.69 Å². The molecule has 7 heteroatoms. The number of nitrogens with one attached hydrogen (secondary N) is 2. The molecule has 1 aromatic carbocycles. The minimum Gasteiger partial charge on any atom is -0.495 e. The lowest BCUT2D eigenvalue weighted by atomic mass is 10.3. The number of hydrogen-bond acceptors (Lipinski definition) is 5. The molecule has 0 aliphatic carbocycles. The van der Waals surface area contributed by atoms with Crippen LogP contribution in [-0.4, -0.2) is 18.5 Å². The highest BCUT2D eigenvalue weighted by Gasteiger charge is 2.27. The van der Waals surface area contributed by atoms with E-state index in [1.807, 2.05) is 23.6 Å². The van der Waals surface area contributed by atoms with Crippen LogP contribution in [0.2, 0.25) is 5.02 Å².